The van der Waals surface area contributed by atoms with Crippen LogP contribution < -0.4 is 5.73 Å². The summed E-state index contributed by atoms with van der Waals surface area (Å²) >= 11 is 0. The van der Waals surface area contributed by atoms with Crippen molar-refractivity contribution in [2.45, 2.75) is 256 Å². The van der Waals surface area contributed by atoms with E-state index in [-0.39, 0.29) is 60.2 Å². The predicted octanol–water partition coefficient (Wildman–Crippen LogP) is 6.91. The van der Waals surface area contributed by atoms with E-state index in [9.17, 15) is 28.8 Å². The first-order chi connectivity index (χ1) is 40.8. The maximum absolute atomic E-state index is 13.5. The molecule has 3 aliphatic carbocycles. The van der Waals surface area contributed by atoms with Crippen LogP contribution in [0.2, 0.25) is 0 Å². The first-order valence-corrected chi connectivity index (χ1v) is 31.7. The first kappa shape index (κ1) is 62.5. The smallest absolute Gasteiger partial charge is 0.308 e. The number of carbonyl (C=O) groups excluding carboxylic acids is 6. The fourth-order valence-electron chi connectivity index (χ4n) is 17.3. The van der Waals surface area contributed by atoms with Crippen LogP contribution in [0, 0.1) is 70.5 Å². The molecule has 2 N–H and O–H groups in total. The van der Waals surface area contributed by atoms with E-state index >= 15 is 0 Å². The van der Waals surface area contributed by atoms with E-state index in [4.69, 9.17) is 91.9 Å². The molecule has 25 heteroatoms. The maximum atomic E-state index is 13.5. The Morgan fingerprint density at radius 3 is 1.45 bits per heavy atom. The number of nitrogens with two attached hydrogens (primary N) is 1. The SMILES string of the molecule is C[C@H]1[C@H](OC(=O)CCC(=O)OCC(N)(COC(=O)CCC(=O)O[C@@H]2O[C@@H]3O[C@H]4CC[C@H]5[C@H](C)CC[C@@H]([C@H]2C)[C@@]35OO4)COC(=O)CCC(=O)O[C@@H]2O[C@@H]3O[C@@]4(C)CC[C@H]5[C@H](C)CC[C@@](C)([C@H]2C)[C@@]35OO4)O[C@@H]2O[C@@]3(C)CC[C@H]4[C@H](C)CC[C@@H]1[C@@]24OO3. The van der Waals surface area contributed by atoms with Crippen molar-refractivity contribution < 1.29 is 115 Å². The summed E-state index contributed by atoms with van der Waals surface area (Å²) in [6, 6.07) is 0. The monoisotopic (exact) mass is 1220 g/mol. The molecule has 0 aromatic heterocycles. The van der Waals surface area contributed by atoms with Gasteiger partial charge in [-0.2, -0.15) is 0 Å². The molecule has 12 saturated heterocycles. The van der Waals surface area contributed by atoms with E-state index in [0.29, 0.717) is 37.0 Å². The van der Waals surface area contributed by atoms with Crippen molar-refractivity contribution in [1.29, 1.82) is 0 Å². The van der Waals surface area contributed by atoms with Gasteiger partial charge in [0.2, 0.25) is 30.4 Å². The zero-order valence-corrected chi connectivity index (χ0v) is 51.1. The van der Waals surface area contributed by atoms with Crippen LogP contribution in [-0.4, -0.2) is 134 Å². The second-order valence-electron chi connectivity index (χ2n) is 28.1. The molecule has 1 unspecified atom stereocenters. The van der Waals surface area contributed by atoms with Crippen LogP contribution in [0.1, 0.15) is 178 Å². The summed E-state index contributed by atoms with van der Waals surface area (Å²) in [5.74, 6) is -6.64. The topological polar surface area (TPSA) is 295 Å². The highest BCUT2D eigenvalue weighted by molar-refractivity contribution is 5.79. The molecule has 0 aromatic rings. The quantitative estimate of drug-likeness (QED) is 0.0828. The van der Waals surface area contributed by atoms with Crippen molar-refractivity contribution in [3.63, 3.8) is 0 Å². The summed E-state index contributed by atoms with van der Waals surface area (Å²) in [7, 11) is 0. The largest absolute Gasteiger partial charge is 0.463 e. The predicted molar refractivity (Wildman–Crippen MR) is 286 cm³/mol. The number of rotatable bonds is 18. The van der Waals surface area contributed by atoms with Gasteiger partial charge in [0, 0.05) is 54.3 Å². The standard InChI is InChI=1S/C61H89NO24/c1-31-10-12-40-34(4)49(76-52-59(40)37(31)14-21-48(75-52)81-84-59)72-45(66)18-15-42(63)69-28-58(62,29-70-43(64)16-19-46(67)73-50-35(5)41-13-11-32(2)38-23-26-56(8)79-53(77-50)60(38,41)85-82-56)30-71-44(65)17-20-47(68)74-51-36(6)55(7)25-22-33(3)39-24-27-57(9)80-54(78-51)61(39,55)86-83-57/h31-41,48-54H,10-30,62H2,1-9H3/t31-,32-,33-,34-,35-,36+,37+,38+,39+,40+,41+,48-,49-,50-,51-,52+,53-,54-,55+,56-,57-,58?,59-,60-,61+/m1/s1. The third-order valence-corrected chi connectivity index (χ3v) is 22.7. The van der Waals surface area contributed by atoms with E-state index in [1.165, 1.54) is 0 Å². The summed E-state index contributed by atoms with van der Waals surface area (Å²) in [5.41, 5.74) is 1.69. The van der Waals surface area contributed by atoms with E-state index in [2.05, 4.69) is 27.7 Å². The second kappa shape index (κ2) is 23.5. The van der Waals surface area contributed by atoms with E-state index < -0.39 is 165 Å². The van der Waals surface area contributed by atoms with Gasteiger partial charge in [0.05, 0.1) is 38.5 Å². The number of hydrogen-bond donors (Lipinski definition) is 1. The molecule has 12 heterocycles. The molecular weight excluding hydrogens is 1130 g/mol. The molecule has 25 atom stereocenters. The van der Waals surface area contributed by atoms with Gasteiger partial charge in [0.1, 0.15) is 25.4 Å². The van der Waals surface area contributed by atoms with Gasteiger partial charge in [0.15, 0.2) is 42.0 Å². The molecule has 3 saturated carbocycles. The van der Waals surface area contributed by atoms with Gasteiger partial charge in [-0.05, 0) is 107 Å². The molecule has 15 fully saturated rings. The minimum absolute atomic E-state index is 0.0781. The molecule has 0 aromatic carbocycles. The van der Waals surface area contributed by atoms with Gasteiger partial charge in [-0.25, -0.2) is 29.3 Å². The number of fused-ring (bicyclic) bond motifs is 6. The van der Waals surface area contributed by atoms with Crippen LogP contribution in [0.3, 0.4) is 0 Å². The Morgan fingerprint density at radius 2 is 0.884 bits per heavy atom. The van der Waals surface area contributed by atoms with Gasteiger partial charge < -0.3 is 62.6 Å². The lowest BCUT2D eigenvalue weighted by Crippen LogP contribution is -2.74. The number of carbonyl (C=O) groups is 6. The fourth-order valence-corrected chi connectivity index (χ4v) is 17.3. The second-order valence-corrected chi connectivity index (χ2v) is 28.1. The molecule has 3 spiro atoms. The number of ether oxygens (including phenoxy) is 12. The minimum Gasteiger partial charge on any atom is -0.463 e. The molecule has 0 amide bonds. The van der Waals surface area contributed by atoms with Crippen LogP contribution in [0.4, 0.5) is 0 Å². The van der Waals surface area contributed by atoms with Gasteiger partial charge in [0.25, 0.3) is 0 Å². The molecule has 0 radical (unpaired) electrons. The lowest BCUT2D eigenvalue weighted by atomic mass is 9.50. The van der Waals surface area contributed by atoms with E-state index in [1.807, 2.05) is 20.8 Å². The lowest BCUT2D eigenvalue weighted by Gasteiger charge is -2.65. The van der Waals surface area contributed by atoms with Gasteiger partial charge in [-0.3, -0.25) is 28.8 Å². The highest BCUT2D eigenvalue weighted by Crippen LogP contribution is 2.67. The van der Waals surface area contributed by atoms with Crippen LogP contribution in [0.25, 0.3) is 0 Å². The zero-order valence-electron chi connectivity index (χ0n) is 51.1. The third-order valence-electron chi connectivity index (χ3n) is 22.7. The lowest BCUT2D eigenvalue weighted by molar-refractivity contribution is -0.586. The van der Waals surface area contributed by atoms with Crippen LogP contribution in [-0.2, 0) is 115 Å². The van der Waals surface area contributed by atoms with Crippen molar-refractivity contribution in [2.24, 2.45) is 76.2 Å². The van der Waals surface area contributed by atoms with Gasteiger partial charge >= 0.3 is 35.8 Å². The highest BCUT2D eigenvalue weighted by Gasteiger charge is 2.75. The summed E-state index contributed by atoms with van der Waals surface area (Å²) in [5, 5.41) is 0. The average molecular weight is 1220 g/mol. The highest BCUT2D eigenvalue weighted by atomic mass is 17.3. The molecule has 6 bridgehead atoms. The molecule has 25 nitrogen and oxygen atoms in total. The number of esters is 6. The van der Waals surface area contributed by atoms with Crippen molar-refractivity contribution in [1.82, 2.24) is 0 Å². The summed E-state index contributed by atoms with van der Waals surface area (Å²) in [4.78, 5) is 117. The molecule has 86 heavy (non-hydrogen) atoms. The van der Waals surface area contributed by atoms with Crippen LogP contribution >= 0.6 is 0 Å². The Bertz CT molecular complexity index is 2590. The molecule has 482 valence electrons. The van der Waals surface area contributed by atoms with Crippen molar-refractivity contribution >= 4 is 35.8 Å². The van der Waals surface area contributed by atoms with Crippen molar-refractivity contribution in [3.05, 3.63) is 0 Å². The summed E-state index contributed by atoms with van der Waals surface area (Å²) in [6.07, 6.45) is 0.906. The Labute approximate surface area is 501 Å². The normalized spacial score (nSPS) is 47.4. The van der Waals surface area contributed by atoms with Crippen molar-refractivity contribution in [3.8, 4) is 0 Å². The maximum Gasteiger partial charge on any atom is 0.308 e. The van der Waals surface area contributed by atoms with Gasteiger partial charge in [-0.1, -0.05) is 48.5 Å². The molecule has 15 rings (SSSR count). The third kappa shape index (κ3) is 10.9. The summed E-state index contributed by atoms with van der Waals surface area (Å²) in [6.45, 7) is 16.2. The Kier molecular flexibility index (Phi) is 17.1. The average Bonchev–Trinajstić information content (AvgIpc) is 1.24. The Morgan fingerprint density at radius 1 is 0.442 bits per heavy atom. The zero-order chi connectivity index (χ0) is 60.9. The minimum atomic E-state index is -1.85. The number of hydrogen-bond acceptors (Lipinski definition) is 25. The Balaban J connectivity index is 0.646. The summed E-state index contributed by atoms with van der Waals surface area (Å²) < 4.78 is 72.5. The fraction of sp³-hybridized carbons (Fsp3) is 0.902. The molecule has 15 aliphatic rings. The Hall–Kier alpha value is -3.70. The van der Waals surface area contributed by atoms with E-state index in [1.54, 1.807) is 13.8 Å². The molecular formula is C61H89NO24. The van der Waals surface area contributed by atoms with E-state index in [0.717, 1.165) is 57.8 Å². The van der Waals surface area contributed by atoms with Crippen LogP contribution in [0.15, 0.2) is 0 Å². The van der Waals surface area contributed by atoms with Crippen LogP contribution in [0.5, 0.6) is 0 Å². The molecule has 12 aliphatic heterocycles. The first-order valence-electron chi connectivity index (χ1n) is 31.7. The van der Waals surface area contributed by atoms with Gasteiger partial charge in [-0.15, -0.1) is 0 Å². The van der Waals surface area contributed by atoms with Crippen molar-refractivity contribution in [2.75, 3.05) is 19.8 Å².